The highest BCUT2D eigenvalue weighted by Gasteiger charge is 2.49. The molecule has 0 saturated heterocycles. The molecule has 0 bridgehead atoms. The Labute approximate surface area is 141 Å². The van der Waals surface area contributed by atoms with Gasteiger partial charge in [-0.1, -0.05) is 50.3 Å². The molecular formula is C20H19N3O. The molecule has 0 radical (unpaired) electrons. The predicted molar refractivity (Wildman–Crippen MR) is 91.1 cm³/mol. The SMILES string of the molecule is CC1C(=O)C(C#N)=CC2(C)c3[nH]nc(-c4ccccc4)c3CCC12. The van der Waals surface area contributed by atoms with Crippen molar-refractivity contribution in [2.24, 2.45) is 11.8 Å². The fourth-order valence-electron chi connectivity index (χ4n) is 4.51. The standard InChI is InChI=1S/C20H19N3O/c1-12-16-9-8-15-17(13-6-4-3-5-7-13)22-23-19(15)20(16,2)10-14(11-21)18(12)24/h3-7,10,12,16H,8-9H2,1-2H3,(H,22,23). The van der Waals surface area contributed by atoms with Gasteiger partial charge in [0.1, 0.15) is 6.07 Å². The summed E-state index contributed by atoms with van der Waals surface area (Å²) in [5.74, 6) is 0.0520. The zero-order valence-electron chi connectivity index (χ0n) is 13.8. The van der Waals surface area contributed by atoms with Crippen LogP contribution in [-0.2, 0) is 16.6 Å². The minimum Gasteiger partial charge on any atom is -0.293 e. The zero-order chi connectivity index (χ0) is 16.9. The lowest BCUT2D eigenvalue weighted by Crippen LogP contribution is -2.45. The number of carbonyl (C=O) groups excluding carboxylic acids is 1. The number of Topliss-reactive ketones (excluding diaryl/α,β-unsaturated/α-hetero) is 1. The molecule has 4 nitrogen and oxygen atoms in total. The Kier molecular flexibility index (Phi) is 3.21. The normalized spacial score (nSPS) is 28.5. The molecule has 24 heavy (non-hydrogen) atoms. The molecule has 2 aliphatic carbocycles. The zero-order valence-corrected chi connectivity index (χ0v) is 13.8. The number of nitriles is 1. The van der Waals surface area contributed by atoms with Crippen molar-refractivity contribution in [2.45, 2.75) is 32.1 Å². The summed E-state index contributed by atoms with van der Waals surface area (Å²) < 4.78 is 0. The Morgan fingerprint density at radius 1 is 1.33 bits per heavy atom. The van der Waals surface area contributed by atoms with Crippen molar-refractivity contribution < 1.29 is 4.79 Å². The number of fused-ring (bicyclic) bond motifs is 3. The summed E-state index contributed by atoms with van der Waals surface area (Å²) in [6.07, 6.45) is 3.71. The summed E-state index contributed by atoms with van der Waals surface area (Å²) in [5.41, 5.74) is 4.30. The van der Waals surface area contributed by atoms with E-state index in [1.807, 2.05) is 31.2 Å². The Morgan fingerprint density at radius 2 is 2.08 bits per heavy atom. The fourth-order valence-corrected chi connectivity index (χ4v) is 4.51. The quantitative estimate of drug-likeness (QED) is 0.874. The third kappa shape index (κ3) is 1.91. The average Bonchev–Trinajstić information content (AvgIpc) is 3.04. The van der Waals surface area contributed by atoms with Crippen molar-refractivity contribution in [2.75, 3.05) is 0 Å². The van der Waals surface area contributed by atoms with Gasteiger partial charge in [0.15, 0.2) is 5.78 Å². The summed E-state index contributed by atoms with van der Waals surface area (Å²) in [5, 5.41) is 17.2. The van der Waals surface area contributed by atoms with Gasteiger partial charge in [0, 0.05) is 28.2 Å². The first kappa shape index (κ1) is 14.9. The molecule has 1 heterocycles. The number of nitrogens with zero attached hydrogens (tertiary/aromatic N) is 2. The lowest BCUT2D eigenvalue weighted by Gasteiger charge is -2.44. The van der Waals surface area contributed by atoms with E-state index in [-0.39, 0.29) is 28.6 Å². The van der Waals surface area contributed by atoms with Gasteiger partial charge in [-0.25, -0.2) is 0 Å². The first-order chi connectivity index (χ1) is 11.6. The van der Waals surface area contributed by atoms with E-state index in [1.54, 1.807) is 0 Å². The van der Waals surface area contributed by atoms with Crippen LogP contribution in [0.4, 0.5) is 0 Å². The van der Waals surface area contributed by atoms with Crippen molar-refractivity contribution in [1.29, 1.82) is 5.26 Å². The van der Waals surface area contributed by atoms with Crippen molar-refractivity contribution in [3.63, 3.8) is 0 Å². The van der Waals surface area contributed by atoms with E-state index in [1.165, 1.54) is 5.56 Å². The van der Waals surface area contributed by atoms with Gasteiger partial charge >= 0.3 is 0 Å². The molecule has 2 aromatic rings. The van der Waals surface area contributed by atoms with Crippen LogP contribution in [0, 0.1) is 23.2 Å². The lowest BCUT2D eigenvalue weighted by molar-refractivity contribution is -0.121. The number of carbonyl (C=O) groups is 1. The number of ketones is 1. The van der Waals surface area contributed by atoms with Crippen LogP contribution < -0.4 is 0 Å². The molecule has 0 spiro atoms. The van der Waals surface area contributed by atoms with E-state index in [0.29, 0.717) is 0 Å². The molecule has 0 aliphatic heterocycles. The fraction of sp³-hybridized carbons (Fsp3) is 0.350. The van der Waals surface area contributed by atoms with E-state index in [0.717, 1.165) is 29.8 Å². The maximum Gasteiger partial charge on any atom is 0.176 e. The van der Waals surface area contributed by atoms with Crippen LogP contribution in [0.1, 0.15) is 31.5 Å². The molecule has 0 saturated carbocycles. The molecule has 1 aromatic carbocycles. The van der Waals surface area contributed by atoms with Crippen LogP contribution >= 0.6 is 0 Å². The first-order valence-electron chi connectivity index (χ1n) is 8.36. The van der Waals surface area contributed by atoms with Crippen LogP contribution in [0.2, 0.25) is 0 Å². The van der Waals surface area contributed by atoms with Gasteiger partial charge in [-0.2, -0.15) is 10.4 Å². The molecule has 0 amide bonds. The number of H-pyrrole nitrogens is 1. The summed E-state index contributed by atoms with van der Waals surface area (Å²) in [7, 11) is 0. The second kappa shape index (κ2) is 5.17. The van der Waals surface area contributed by atoms with Gasteiger partial charge in [-0.15, -0.1) is 0 Å². The third-order valence-corrected chi connectivity index (χ3v) is 5.78. The molecule has 2 aliphatic rings. The maximum atomic E-state index is 12.4. The maximum absolute atomic E-state index is 12.4. The molecule has 4 rings (SSSR count). The van der Waals surface area contributed by atoms with Gasteiger partial charge in [0.05, 0.1) is 11.3 Å². The number of benzene rings is 1. The highest BCUT2D eigenvalue weighted by atomic mass is 16.1. The molecule has 3 atom stereocenters. The van der Waals surface area contributed by atoms with Crippen LogP contribution in [0.25, 0.3) is 11.3 Å². The monoisotopic (exact) mass is 317 g/mol. The van der Waals surface area contributed by atoms with E-state index in [2.05, 4.69) is 35.3 Å². The second-order valence-corrected chi connectivity index (χ2v) is 7.04. The van der Waals surface area contributed by atoms with Gasteiger partial charge in [-0.05, 0) is 18.8 Å². The van der Waals surface area contributed by atoms with E-state index >= 15 is 0 Å². The van der Waals surface area contributed by atoms with E-state index in [9.17, 15) is 10.1 Å². The van der Waals surface area contributed by atoms with Crippen LogP contribution in [0.3, 0.4) is 0 Å². The van der Waals surface area contributed by atoms with Gasteiger partial charge in [0.25, 0.3) is 0 Å². The molecule has 1 N–H and O–H groups in total. The highest BCUT2D eigenvalue weighted by molar-refractivity contribution is 6.02. The number of nitrogens with one attached hydrogen (secondary N) is 1. The summed E-state index contributed by atoms with van der Waals surface area (Å²) in [4.78, 5) is 12.4. The van der Waals surface area contributed by atoms with Crippen molar-refractivity contribution in [3.05, 3.63) is 53.2 Å². The minimum atomic E-state index is -0.341. The minimum absolute atomic E-state index is 0.0220. The van der Waals surface area contributed by atoms with Crippen molar-refractivity contribution in [1.82, 2.24) is 10.2 Å². The topological polar surface area (TPSA) is 69.5 Å². The van der Waals surface area contributed by atoms with Crippen LogP contribution in [-0.4, -0.2) is 16.0 Å². The molecule has 1 aromatic heterocycles. The van der Waals surface area contributed by atoms with Crippen LogP contribution in [0.15, 0.2) is 42.0 Å². The number of aromatic nitrogens is 2. The van der Waals surface area contributed by atoms with Crippen molar-refractivity contribution in [3.8, 4) is 17.3 Å². The highest BCUT2D eigenvalue weighted by Crippen LogP contribution is 2.50. The average molecular weight is 317 g/mol. The molecular weight excluding hydrogens is 298 g/mol. The molecule has 0 fully saturated rings. The second-order valence-electron chi connectivity index (χ2n) is 7.04. The number of hydrogen-bond donors (Lipinski definition) is 1. The van der Waals surface area contributed by atoms with E-state index < -0.39 is 0 Å². The van der Waals surface area contributed by atoms with Crippen molar-refractivity contribution >= 4 is 5.78 Å². The Hall–Kier alpha value is -2.67. The number of aromatic amines is 1. The van der Waals surface area contributed by atoms with Gasteiger partial charge in [-0.3, -0.25) is 9.89 Å². The summed E-state index contributed by atoms with van der Waals surface area (Å²) in [6, 6.07) is 12.2. The largest absolute Gasteiger partial charge is 0.293 e. The third-order valence-electron chi connectivity index (χ3n) is 5.78. The lowest BCUT2D eigenvalue weighted by atomic mass is 9.58. The predicted octanol–water partition coefficient (Wildman–Crippen LogP) is 3.57. The smallest absolute Gasteiger partial charge is 0.176 e. The first-order valence-corrected chi connectivity index (χ1v) is 8.36. The Bertz CT molecular complexity index is 887. The molecule has 3 unspecified atom stereocenters. The van der Waals surface area contributed by atoms with Crippen LogP contribution in [0.5, 0.6) is 0 Å². The summed E-state index contributed by atoms with van der Waals surface area (Å²) in [6.45, 7) is 4.08. The molecule has 120 valence electrons. The number of rotatable bonds is 1. The van der Waals surface area contributed by atoms with Gasteiger partial charge in [0.2, 0.25) is 0 Å². The Morgan fingerprint density at radius 3 is 2.79 bits per heavy atom. The number of hydrogen-bond acceptors (Lipinski definition) is 3. The summed E-state index contributed by atoms with van der Waals surface area (Å²) >= 11 is 0. The van der Waals surface area contributed by atoms with Gasteiger partial charge < -0.3 is 0 Å². The Balaban J connectivity index is 1.89. The van der Waals surface area contributed by atoms with E-state index in [4.69, 9.17) is 0 Å². The molecule has 4 heteroatoms. The number of allylic oxidation sites excluding steroid dienone is 2.